The summed E-state index contributed by atoms with van der Waals surface area (Å²) in [5.74, 6) is 0.659. The molecular weight excluding hydrogens is 361 g/mol. The number of halogens is 2. The molecule has 1 atom stereocenters. The van der Waals surface area contributed by atoms with E-state index >= 15 is 0 Å². The largest absolute Gasteiger partial charge is 0.493 e. The molecule has 0 saturated carbocycles. The first-order valence-corrected chi connectivity index (χ1v) is 8.50. The highest BCUT2D eigenvalue weighted by Gasteiger charge is 2.30. The molecule has 0 radical (unpaired) electrons. The Bertz CT molecular complexity index is 809. The van der Waals surface area contributed by atoms with Gasteiger partial charge in [-0.3, -0.25) is 0 Å². The Morgan fingerprint density at radius 1 is 1.08 bits per heavy atom. The molecule has 0 saturated heterocycles. The third-order valence-electron chi connectivity index (χ3n) is 3.85. The number of aromatic nitrogens is 3. The Hall–Kier alpha value is -2.08. The first-order valence-electron chi connectivity index (χ1n) is 7.74. The molecule has 7 heteroatoms. The normalized spacial score (nSPS) is 13.4. The van der Waals surface area contributed by atoms with Crippen LogP contribution in [0.3, 0.4) is 0 Å². The fourth-order valence-electron chi connectivity index (χ4n) is 2.55. The van der Waals surface area contributed by atoms with Crippen molar-refractivity contribution in [3.63, 3.8) is 0 Å². The van der Waals surface area contributed by atoms with E-state index in [2.05, 4.69) is 10.1 Å². The van der Waals surface area contributed by atoms with Gasteiger partial charge in [0.2, 0.25) is 0 Å². The summed E-state index contributed by atoms with van der Waals surface area (Å²) in [7, 11) is 0. The predicted octanol–water partition coefficient (Wildman–Crippen LogP) is 3.94. The van der Waals surface area contributed by atoms with Crippen molar-refractivity contribution in [2.24, 2.45) is 0 Å². The summed E-state index contributed by atoms with van der Waals surface area (Å²) >= 11 is 11.9. The Morgan fingerprint density at radius 2 is 1.88 bits per heavy atom. The summed E-state index contributed by atoms with van der Waals surface area (Å²) < 4.78 is 7.32. The lowest BCUT2D eigenvalue weighted by molar-refractivity contribution is -0.00488. The zero-order valence-corrected chi connectivity index (χ0v) is 14.9. The first kappa shape index (κ1) is 17.7. The maximum atomic E-state index is 11.2. The number of hydrogen-bond donors (Lipinski definition) is 1. The van der Waals surface area contributed by atoms with Crippen LogP contribution in [0.25, 0.3) is 0 Å². The third kappa shape index (κ3) is 4.72. The molecule has 3 rings (SSSR count). The molecule has 1 aromatic heterocycles. The van der Waals surface area contributed by atoms with Crippen LogP contribution in [0, 0.1) is 0 Å². The minimum atomic E-state index is -1.17. The molecule has 0 aliphatic carbocycles. The van der Waals surface area contributed by atoms with Gasteiger partial charge in [-0.05, 0) is 35.9 Å². The van der Waals surface area contributed by atoms with Crippen LogP contribution in [0.1, 0.15) is 12.0 Å². The monoisotopic (exact) mass is 377 g/mol. The van der Waals surface area contributed by atoms with Crippen molar-refractivity contribution in [1.29, 1.82) is 0 Å². The fourth-order valence-corrected chi connectivity index (χ4v) is 2.86. The van der Waals surface area contributed by atoms with Gasteiger partial charge in [-0.2, -0.15) is 5.10 Å². The van der Waals surface area contributed by atoms with Gasteiger partial charge >= 0.3 is 0 Å². The molecule has 5 nitrogen and oxygen atoms in total. The highest BCUT2D eigenvalue weighted by atomic mass is 35.5. The predicted molar refractivity (Wildman–Crippen MR) is 96.9 cm³/mol. The smallest absolute Gasteiger partial charge is 0.137 e. The molecule has 0 amide bonds. The van der Waals surface area contributed by atoms with E-state index in [0.717, 1.165) is 5.56 Å². The van der Waals surface area contributed by atoms with Crippen LogP contribution in [-0.2, 0) is 12.1 Å². The van der Waals surface area contributed by atoms with E-state index in [-0.39, 0.29) is 6.54 Å². The number of benzene rings is 2. The summed E-state index contributed by atoms with van der Waals surface area (Å²) in [6.07, 6.45) is 3.37. The standard InChI is InChI=1S/C18H17Cl2N3O2/c19-15-6-4-14(5-7-15)18(24,11-23-13-21-12-22-23)8-9-25-17-3-1-2-16(20)10-17/h1-7,10,12-13,24H,8-9,11H2. The lowest BCUT2D eigenvalue weighted by Gasteiger charge is -2.28. The molecule has 3 aromatic rings. The Kier molecular flexibility index (Phi) is 5.58. The van der Waals surface area contributed by atoms with Crippen LogP contribution in [0.2, 0.25) is 10.0 Å². The van der Waals surface area contributed by atoms with E-state index in [1.165, 1.54) is 6.33 Å². The SMILES string of the molecule is OC(CCOc1cccc(Cl)c1)(Cn1cncn1)c1ccc(Cl)cc1. The van der Waals surface area contributed by atoms with Gasteiger partial charge < -0.3 is 9.84 Å². The van der Waals surface area contributed by atoms with E-state index in [0.29, 0.717) is 28.8 Å². The molecule has 0 spiro atoms. The molecule has 1 unspecified atom stereocenters. The quantitative estimate of drug-likeness (QED) is 0.677. The summed E-state index contributed by atoms with van der Waals surface area (Å²) in [5, 5.41) is 16.5. The third-order valence-corrected chi connectivity index (χ3v) is 4.34. The fraction of sp³-hybridized carbons (Fsp3) is 0.222. The maximum absolute atomic E-state index is 11.2. The van der Waals surface area contributed by atoms with Crippen molar-refractivity contribution in [2.75, 3.05) is 6.61 Å². The van der Waals surface area contributed by atoms with Crippen molar-refractivity contribution in [3.05, 3.63) is 76.8 Å². The summed E-state index contributed by atoms with van der Waals surface area (Å²) in [6, 6.07) is 14.3. The molecule has 2 aromatic carbocycles. The molecule has 1 N–H and O–H groups in total. The van der Waals surface area contributed by atoms with Crippen LogP contribution >= 0.6 is 23.2 Å². The lowest BCUT2D eigenvalue weighted by Crippen LogP contribution is -2.33. The minimum Gasteiger partial charge on any atom is -0.493 e. The van der Waals surface area contributed by atoms with E-state index in [4.69, 9.17) is 27.9 Å². The molecular formula is C18H17Cl2N3O2. The van der Waals surface area contributed by atoms with Gasteiger partial charge in [0, 0.05) is 16.5 Å². The second-order valence-corrected chi connectivity index (χ2v) is 6.56. The number of hydrogen-bond acceptors (Lipinski definition) is 4. The summed E-state index contributed by atoms with van der Waals surface area (Å²) in [6.45, 7) is 0.571. The van der Waals surface area contributed by atoms with E-state index < -0.39 is 5.60 Å². The number of rotatable bonds is 7. The number of ether oxygens (including phenoxy) is 1. The van der Waals surface area contributed by atoms with Crippen molar-refractivity contribution in [1.82, 2.24) is 14.8 Å². The van der Waals surface area contributed by atoms with Gasteiger partial charge in [0.1, 0.15) is 24.0 Å². The highest BCUT2D eigenvalue weighted by Crippen LogP contribution is 2.29. The minimum absolute atomic E-state index is 0.257. The average molecular weight is 378 g/mol. The van der Waals surface area contributed by atoms with Gasteiger partial charge in [-0.1, -0.05) is 41.4 Å². The van der Waals surface area contributed by atoms with Crippen molar-refractivity contribution in [2.45, 2.75) is 18.6 Å². The average Bonchev–Trinajstić information content (AvgIpc) is 3.08. The molecule has 0 bridgehead atoms. The van der Waals surface area contributed by atoms with Crippen LogP contribution in [0.15, 0.2) is 61.2 Å². The summed E-state index contributed by atoms with van der Waals surface area (Å²) in [4.78, 5) is 3.93. The molecule has 1 heterocycles. The van der Waals surface area contributed by atoms with Gasteiger partial charge in [0.25, 0.3) is 0 Å². The van der Waals surface area contributed by atoms with Crippen molar-refractivity contribution in [3.8, 4) is 5.75 Å². The maximum Gasteiger partial charge on any atom is 0.137 e. The highest BCUT2D eigenvalue weighted by molar-refractivity contribution is 6.30. The number of nitrogens with zero attached hydrogens (tertiary/aromatic N) is 3. The van der Waals surface area contributed by atoms with Crippen molar-refractivity contribution >= 4 is 23.2 Å². The molecule has 0 aliphatic rings. The van der Waals surface area contributed by atoms with Gasteiger partial charge in [-0.15, -0.1) is 0 Å². The second kappa shape index (κ2) is 7.87. The Balaban J connectivity index is 1.75. The van der Waals surface area contributed by atoms with Crippen LogP contribution in [0.5, 0.6) is 5.75 Å². The van der Waals surface area contributed by atoms with Crippen LogP contribution < -0.4 is 4.74 Å². The van der Waals surface area contributed by atoms with Gasteiger partial charge in [0.15, 0.2) is 0 Å². The second-order valence-electron chi connectivity index (χ2n) is 5.69. The van der Waals surface area contributed by atoms with Gasteiger partial charge in [-0.25, -0.2) is 9.67 Å². The molecule has 130 valence electrons. The van der Waals surface area contributed by atoms with E-state index in [9.17, 15) is 5.11 Å². The first-order chi connectivity index (χ1) is 12.0. The zero-order valence-electron chi connectivity index (χ0n) is 13.3. The zero-order chi connectivity index (χ0) is 17.7. The topological polar surface area (TPSA) is 60.2 Å². The Labute approximate surface area is 155 Å². The van der Waals surface area contributed by atoms with Crippen LogP contribution in [0.4, 0.5) is 0 Å². The molecule has 0 fully saturated rings. The molecule has 0 aliphatic heterocycles. The van der Waals surface area contributed by atoms with E-state index in [1.54, 1.807) is 47.4 Å². The summed E-state index contributed by atoms with van der Waals surface area (Å²) in [5.41, 5.74) is -0.432. The van der Waals surface area contributed by atoms with Crippen LogP contribution in [-0.4, -0.2) is 26.5 Å². The number of aliphatic hydroxyl groups is 1. The lowest BCUT2D eigenvalue weighted by atomic mass is 9.90. The molecule has 25 heavy (non-hydrogen) atoms. The van der Waals surface area contributed by atoms with Gasteiger partial charge in [0.05, 0.1) is 13.2 Å². The Morgan fingerprint density at radius 3 is 2.56 bits per heavy atom. The van der Waals surface area contributed by atoms with E-state index in [1.807, 2.05) is 12.1 Å². The van der Waals surface area contributed by atoms with Crippen molar-refractivity contribution < 1.29 is 9.84 Å².